The number of rotatable bonds is 6. The van der Waals surface area contributed by atoms with Crippen LogP contribution in [0.25, 0.3) is 0 Å². The highest BCUT2D eigenvalue weighted by atomic mass is 19.4. The number of alkyl halides is 3. The van der Waals surface area contributed by atoms with E-state index in [0.29, 0.717) is 32.1 Å². The summed E-state index contributed by atoms with van der Waals surface area (Å²) in [6, 6.07) is 6.65. The molecule has 1 saturated heterocycles. The second-order valence-electron chi connectivity index (χ2n) is 7.18. The van der Waals surface area contributed by atoms with Crippen molar-refractivity contribution in [3.05, 3.63) is 29.8 Å². The Morgan fingerprint density at radius 2 is 1.75 bits per heavy atom. The number of nitrogens with one attached hydrogen (secondary N) is 1. The Kier molecular flexibility index (Phi) is 7.98. The summed E-state index contributed by atoms with van der Waals surface area (Å²) in [5.41, 5.74) is 1.24. The molecular formula is C20H31F3N4O. The average molecular weight is 400 g/mol. The van der Waals surface area contributed by atoms with Crippen LogP contribution in [0.15, 0.2) is 29.3 Å². The number of hydrogen-bond acceptors (Lipinski definition) is 3. The summed E-state index contributed by atoms with van der Waals surface area (Å²) in [7, 11) is 3.36. The molecule has 1 heterocycles. The lowest BCUT2D eigenvalue weighted by Gasteiger charge is -2.39. The fraction of sp³-hybridized carbons (Fsp3) is 0.650. The van der Waals surface area contributed by atoms with E-state index in [1.54, 1.807) is 14.2 Å². The lowest BCUT2D eigenvalue weighted by Crippen LogP contribution is -2.56. The van der Waals surface area contributed by atoms with Gasteiger partial charge in [0.05, 0.1) is 7.11 Å². The Balaban J connectivity index is 1.78. The number of aliphatic imine (C=N–C) groups is 1. The first-order chi connectivity index (χ1) is 13.3. The van der Waals surface area contributed by atoms with Gasteiger partial charge in [-0.15, -0.1) is 0 Å². The monoisotopic (exact) mass is 400 g/mol. The van der Waals surface area contributed by atoms with Gasteiger partial charge < -0.3 is 15.0 Å². The molecule has 5 nitrogen and oxygen atoms in total. The molecule has 0 amide bonds. The van der Waals surface area contributed by atoms with Crippen LogP contribution in [0.4, 0.5) is 13.2 Å². The molecule has 1 N–H and O–H groups in total. The molecule has 0 aromatic heterocycles. The minimum Gasteiger partial charge on any atom is -0.497 e. The van der Waals surface area contributed by atoms with E-state index in [0.717, 1.165) is 24.7 Å². The normalized spacial score (nSPS) is 18.7. The highest BCUT2D eigenvalue weighted by molar-refractivity contribution is 5.80. The molecule has 2 unspecified atom stereocenters. The van der Waals surface area contributed by atoms with Gasteiger partial charge in [0.1, 0.15) is 11.8 Å². The summed E-state index contributed by atoms with van der Waals surface area (Å²) in [6.45, 7) is 5.97. The molecular weight excluding hydrogens is 369 g/mol. The Morgan fingerprint density at radius 1 is 1.14 bits per heavy atom. The van der Waals surface area contributed by atoms with Crippen LogP contribution in [0.1, 0.15) is 31.7 Å². The van der Waals surface area contributed by atoms with Crippen molar-refractivity contribution >= 4 is 5.96 Å². The molecule has 1 aromatic rings. The van der Waals surface area contributed by atoms with Crippen LogP contribution < -0.4 is 10.1 Å². The molecule has 2 rings (SSSR count). The predicted molar refractivity (Wildman–Crippen MR) is 106 cm³/mol. The summed E-state index contributed by atoms with van der Waals surface area (Å²) >= 11 is 0. The van der Waals surface area contributed by atoms with Crippen molar-refractivity contribution in [3.8, 4) is 5.75 Å². The summed E-state index contributed by atoms with van der Waals surface area (Å²) < 4.78 is 43.8. The van der Waals surface area contributed by atoms with Crippen LogP contribution in [0.5, 0.6) is 5.75 Å². The first-order valence-electron chi connectivity index (χ1n) is 9.66. The molecule has 158 valence electrons. The fourth-order valence-electron chi connectivity index (χ4n) is 3.36. The standard InChI is InChI=1S/C20H31F3N4O/c1-15(17-5-7-18(28-4)8-6-17)9-10-25-19(24-3)27-13-11-26(12-14-27)16(2)20(21,22)23/h5-8,15-16H,9-14H2,1-4H3,(H,24,25). The SMILES string of the molecule is CN=C(NCCC(C)c1ccc(OC)cc1)N1CCN(C(C)C(F)(F)F)CC1. The Hall–Kier alpha value is -1.96. The quantitative estimate of drug-likeness (QED) is 0.587. The molecule has 0 saturated carbocycles. The summed E-state index contributed by atoms with van der Waals surface area (Å²) in [5.74, 6) is 1.97. The van der Waals surface area contributed by atoms with E-state index in [1.165, 1.54) is 17.4 Å². The summed E-state index contributed by atoms with van der Waals surface area (Å²) in [6.07, 6.45) is -3.25. The van der Waals surface area contributed by atoms with Crippen LogP contribution in [-0.4, -0.2) is 74.9 Å². The molecule has 2 atom stereocenters. The maximum absolute atomic E-state index is 12.9. The number of ether oxygens (including phenoxy) is 1. The Morgan fingerprint density at radius 3 is 2.25 bits per heavy atom. The maximum atomic E-state index is 12.9. The van der Waals surface area contributed by atoms with Crippen molar-refractivity contribution in [3.63, 3.8) is 0 Å². The van der Waals surface area contributed by atoms with Gasteiger partial charge in [-0.1, -0.05) is 19.1 Å². The van der Waals surface area contributed by atoms with Crippen molar-refractivity contribution in [1.82, 2.24) is 15.1 Å². The Bertz CT molecular complexity index is 625. The third-order valence-corrected chi connectivity index (χ3v) is 5.39. The third kappa shape index (κ3) is 6.02. The maximum Gasteiger partial charge on any atom is 0.403 e. The fourth-order valence-corrected chi connectivity index (χ4v) is 3.36. The van der Waals surface area contributed by atoms with E-state index in [-0.39, 0.29) is 0 Å². The molecule has 1 aromatic carbocycles. The van der Waals surface area contributed by atoms with E-state index >= 15 is 0 Å². The van der Waals surface area contributed by atoms with Crippen molar-refractivity contribution in [2.45, 2.75) is 38.4 Å². The summed E-state index contributed by atoms with van der Waals surface area (Å²) in [4.78, 5) is 7.80. The van der Waals surface area contributed by atoms with Gasteiger partial charge in [-0.25, -0.2) is 0 Å². The number of halogens is 3. The molecule has 0 spiro atoms. The second-order valence-corrected chi connectivity index (χ2v) is 7.18. The zero-order chi connectivity index (χ0) is 20.7. The smallest absolute Gasteiger partial charge is 0.403 e. The van der Waals surface area contributed by atoms with Gasteiger partial charge in [0.15, 0.2) is 5.96 Å². The largest absolute Gasteiger partial charge is 0.497 e. The number of piperazine rings is 1. The van der Waals surface area contributed by atoms with Gasteiger partial charge >= 0.3 is 6.18 Å². The molecule has 1 aliphatic heterocycles. The number of methoxy groups -OCH3 is 1. The molecule has 1 aliphatic rings. The molecule has 1 fully saturated rings. The van der Waals surface area contributed by atoms with Crippen LogP contribution in [0.2, 0.25) is 0 Å². The summed E-state index contributed by atoms with van der Waals surface area (Å²) in [5, 5.41) is 3.35. The molecule has 0 bridgehead atoms. The van der Waals surface area contributed by atoms with E-state index < -0.39 is 12.2 Å². The number of hydrogen-bond donors (Lipinski definition) is 1. The molecule has 8 heteroatoms. The molecule has 0 radical (unpaired) electrons. The highest BCUT2D eigenvalue weighted by Crippen LogP contribution is 2.25. The van der Waals surface area contributed by atoms with E-state index in [9.17, 15) is 13.2 Å². The zero-order valence-corrected chi connectivity index (χ0v) is 17.1. The Labute approximate surface area is 165 Å². The highest BCUT2D eigenvalue weighted by Gasteiger charge is 2.41. The number of nitrogens with zero attached hydrogens (tertiary/aromatic N) is 3. The van der Waals surface area contributed by atoms with Crippen LogP contribution in [0.3, 0.4) is 0 Å². The van der Waals surface area contributed by atoms with E-state index in [2.05, 4.69) is 29.4 Å². The topological polar surface area (TPSA) is 40.1 Å². The zero-order valence-electron chi connectivity index (χ0n) is 17.1. The van der Waals surface area contributed by atoms with Crippen molar-refractivity contribution in [1.29, 1.82) is 0 Å². The number of guanidine groups is 1. The van der Waals surface area contributed by atoms with Gasteiger partial charge in [-0.3, -0.25) is 9.89 Å². The van der Waals surface area contributed by atoms with E-state index in [4.69, 9.17) is 4.74 Å². The number of benzene rings is 1. The average Bonchev–Trinajstić information content (AvgIpc) is 2.70. The molecule has 0 aliphatic carbocycles. The third-order valence-electron chi connectivity index (χ3n) is 5.39. The van der Waals surface area contributed by atoms with Gasteiger partial charge in [-0.05, 0) is 37.0 Å². The van der Waals surface area contributed by atoms with Crippen LogP contribution in [0, 0.1) is 0 Å². The van der Waals surface area contributed by atoms with Gasteiger partial charge in [-0.2, -0.15) is 13.2 Å². The van der Waals surface area contributed by atoms with Crippen molar-refractivity contribution in [2.75, 3.05) is 46.9 Å². The second kappa shape index (κ2) is 10.0. The first-order valence-corrected chi connectivity index (χ1v) is 9.66. The van der Waals surface area contributed by atoms with E-state index in [1.807, 2.05) is 17.0 Å². The predicted octanol–water partition coefficient (Wildman–Crippen LogP) is 3.33. The molecule has 28 heavy (non-hydrogen) atoms. The lowest BCUT2D eigenvalue weighted by atomic mass is 9.98. The minimum atomic E-state index is -4.18. The van der Waals surface area contributed by atoms with Crippen LogP contribution in [-0.2, 0) is 0 Å². The van der Waals surface area contributed by atoms with Crippen molar-refractivity contribution in [2.24, 2.45) is 4.99 Å². The van der Waals surface area contributed by atoms with Gasteiger partial charge in [0.25, 0.3) is 0 Å². The lowest BCUT2D eigenvalue weighted by molar-refractivity contribution is -0.181. The minimum absolute atomic E-state index is 0.376. The van der Waals surface area contributed by atoms with Crippen molar-refractivity contribution < 1.29 is 17.9 Å². The van der Waals surface area contributed by atoms with Crippen LogP contribution >= 0.6 is 0 Å². The van der Waals surface area contributed by atoms with Gasteiger partial charge in [0.2, 0.25) is 0 Å². The van der Waals surface area contributed by atoms with Gasteiger partial charge in [0, 0.05) is 39.8 Å². The first kappa shape index (κ1) is 22.3.